The number of phenols is 3. The number of methoxy groups -OCH3 is 3. The molecule has 0 aliphatic carbocycles. The minimum Gasteiger partial charge on any atom is -0.508 e. The number of ether oxygens (including phenoxy) is 4. The SMILES string of the molecule is COC(=O)c1cccc(O)c1C(=O)c1c(O)cc(C(=O)OC2CN(C(=O)OC)CC2NC(=O)c2ccc(O)cc2)cc1C(=O)OC. The molecule has 1 fully saturated rings. The number of rotatable bonds is 8. The first kappa shape index (κ1) is 32.8. The molecule has 1 aliphatic heterocycles. The second kappa shape index (κ2) is 13.7. The monoisotopic (exact) mass is 636 g/mol. The van der Waals surface area contributed by atoms with Crippen molar-refractivity contribution >= 4 is 35.7 Å². The van der Waals surface area contributed by atoms with Crippen molar-refractivity contribution in [3.05, 3.63) is 88.0 Å². The Morgan fingerprint density at radius 1 is 0.717 bits per heavy atom. The van der Waals surface area contributed by atoms with Crippen molar-refractivity contribution in [3.63, 3.8) is 0 Å². The van der Waals surface area contributed by atoms with Gasteiger partial charge < -0.3 is 44.5 Å². The molecule has 0 saturated carbocycles. The van der Waals surface area contributed by atoms with Gasteiger partial charge in [-0.05, 0) is 48.5 Å². The maximum atomic E-state index is 13.6. The number of benzene rings is 3. The molecule has 1 saturated heterocycles. The standard InChI is InChI=1S/C31H28N2O13/c1-43-29(40)18-5-4-6-21(35)24(18)26(37)25-19(30(41)44-2)11-16(12-22(25)36)28(39)46-23-14-33(31(42)45-3)13-20(23)32-27(38)15-7-9-17(34)10-8-15/h4-12,20,23,34-36H,13-14H2,1-3H3,(H,32,38). The number of amides is 2. The molecule has 0 radical (unpaired) electrons. The molecule has 4 N–H and O–H groups in total. The molecule has 4 rings (SSSR count). The van der Waals surface area contributed by atoms with E-state index in [1.807, 2.05) is 0 Å². The Kier molecular flexibility index (Phi) is 9.74. The third kappa shape index (κ3) is 6.67. The second-order valence-corrected chi connectivity index (χ2v) is 9.88. The first-order chi connectivity index (χ1) is 21.9. The number of nitrogens with zero attached hydrogens (tertiary/aromatic N) is 1. The van der Waals surface area contributed by atoms with Crippen LogP contribution in [0.3, 0.4) is 0 Å². The van der Waals surface area contributed by atoms with Crippen LogP contribution in [0.4, 0.5) is 4.79 Å². The van der Waals surface area contributed by atoms with E-state index in [9.17, 15) is 44.1 Å². The smallest absolute Gasteiger partial charge is 0.409 e. The fourth-order valence-electron chi connectivity index (χ4n) is 4.82. The van der Waals surface area contributed by atoms with Crippen LogP contribution in [0.25, 0.3) is 0 Å². The van der Waals surface area contributed by atoms with Gasteiger partial charge in [-0.15, -0.1) is 0 Å². The second-order valence-electron chi connectivity index (χ2n) is 9.88. The van der Waals surface area contributed by atoms with Gasteiger partial charge in [0.1, 0.15) is 23.4 Å². The third-order valence-corrected chi connectivity index (χ3v) is 7.06. The highest BCUT2D eigenvalue weighted by molar-refractivity contribution is 6.21. The number of phenolic OH excluding ortho intramolecular Hbond substituents is 3. The van der Waals surface area contributed by atoms with Gasteiger partial charge in [0.2, 0.25) is 5.78 Å². The van der Waals surface area contributed by atoms with Gasteiger partial charge in [0.25, 0.3) is 5.91 Å². The molecule has 0 spiro atoms. The van der Waals surface area contributed by atoms with E-state index in [1.54, 1.807) is 0 Å². The number of hydrogen-bond acceptors (Lipinski definition) is 13. The van der Waals surface area contributed by atoms with Gasteiger partial charge in [-0.1, -0.05) is 6.07 Å². The molecule has 1 aliphatic rings. The number of esters is 3. The molecular weight excluding hydrogens is 608 g/mol. The van der Waals surface area contributed by atoms with Gasteiger partial charge in [-0.3, -0.25) is 9.59 Å². The zero-order valence-electron chi connectivity index (χ0n) is 24.6. The number of hydrogen-bond donors (Lipinski definition) is 4. The normalized spacial score (nSPS) is 15.4. The first-order valence-corrected chi connectivity index (χ1v) is 13.4. The maximum Gasteiger partial charge on any atom is 0.409 e. The Hall–Kier alpha value is -6.12. The molecule has 2 atom stereocenters. The van der Waals surface area contributed by atoms with Crippen LogP contribution in [-0.4, -0.2) is 102 Å². The van der Waals surface area contributed by atoms with Gasteiger partial charge in [0, 0.05) is 12.1 Å². The summed E-state index contributed by atoms with van der Waals surface area (Å²) in [5.41, 5.74) is -2.47. The Bertz CT molecular complexity index is 1720. The molecule has 2 amide bonds. The lowest BCUT2D eigenvalue weighted by Crippen LogP contribution is -2.44. The molecule has 46 heavy (non-hydrogen) atoms. The van der Waals surface area contributed by atoms with Crippen LogP contribution in [0.15, 0.2) is 54.6 Å². The summed E-state index contributed by atoms with van der Waals surface area (Å²) in [6.07, 6.45) is -1.90. The number of aromatic hydroxyl groups is 3. The molecule has 2 unspecified atom stereocenters. The average Bonchev–Trinajstić information content (AvgIpc) is 3.44. The predicted molar refractivity (Wildman–Crippen MR) is 155 cm³/mol. The average molecular weight is 637 g/mol. The van der Waals surface area contributed by atoms with Gasteiger partial charge in [0.05, 0.1) is 61.7 Å². The van der Waals surface area contributed by atoms with Crippen LogP contribution in [0, 0.1) is 0 Å². The van der Waals surface area contributed by atoms with Gasteiger partial charge in [0.15, 0.2) is 0 Å². The topological polar surface area (TPSA) is 215 Å². The van der Waals surface area contributed by atoms with E-state index < -0.39 is 81.6 Å². The zero-order chi connectivity index (χ0) is 33.7. The van der Waals surface area contributed by atoms with E-state index in [2.05, 4.69) is 10.1 Å². The minimum absolute atomic E-state index is 0.0622. The molecule has 1 heterocycles. The maximum absolute atomic E-state index is 13.6. The lowest BCUT2D eigenvalue weighted by Gasteiger charge is -2.20. The number of likely N-dealkylation sites (tertiary alicyclic amines) is 1. The summed E-state index contributed by atoms with van der Waals surface area (Å²) in [6.45, 7) is -0.307. The van der Waals surface area contributed by atoms with Crippen LogP contribution in [0.2, 0.25) is 0 Å². The van der Waals surface area contributed by atoms with Crippen LogP contribution < -0.4 is 5.32 Å². The van der Waals surface area contributed by atoms with Crippen LogP contribution in [0.5, 0.6) is 17.2 Å². The van der Waals surface area contributed by atoms with Crippen LogP contribution >= 0.6 is 0 Å². The number of carbonyl (C=O) groups excluding carboxylic acids is 6. The number of nitrogens with one attached hydrogen (secondary N) is 1. The van der Waals surface area contributed by atoms with Crippen LogP contribution in [0.1, 0.15) is 57.4 Å². The quantitative estimate of drug-likeness (QED) is 0.158. The summed E-state index contributed by atoms with van der Waals surface area (Å²) < 4.78 is 19.8. The minimum atomic E-state index is -1.15. The fourth-order valence-corrected chi connectivity index (χ4v) is 4.82. The van der Waals surface area contributed by atoms with E-state index in [4.69, 9.17) is 14.2 Å². The molecule has 3 aromatic carbocycles. The van der Waals surface area contributed by atoms with Crippen LogP contribution in [-0.2, 0) is 18.9 Å². The van der Waals surface area contributed by atoms with Crippen molar-refractivity contribution in [1.29, 1.82) is 0 Å². The Morgan fingerprint density at radius 2 is 1.35 bits per heavy atom. The largest absolute Gasteiger partial charge is 0.508 e. The Labute approximate surface area is 260 Å². The van der Waals surface area contributed by atoms with E-state index in [0.717, 1.165) is 39.5 Å². The highest BCUT2D eigenvalue weighted by Crippen LogP contribution is 2.33. The molecule has 15 heteroatoms. The summed E-state index contributed by atoms with van der Waals surface area (Å²) in [6, 6.07) is 9.72. The molecule has 0 bridgehead atoms. The van der Waals surface area contributed by atoms with Crippen molar-refractivity contribution in [1.82, 2.24) is 10.2 Å². The molecular formula is C31H28N2O13. The first-order valence-electron chi connectivity index (χ1n) is 13.4. The van der Waals surface area contributed by atoms with E-state index in [0.29, 0.717) is 0 Å². The molecule has 240 valence electrons. The summed E-state index contributed by atoms with van der Waals surface area (Å²) >= 11 is 0. The zero-order valence-corrected chi connectivity index (χ0v) is 24.6. The Morgan fingerprint density at radius 3 is 1.98 bits per heavy atom. The Balaban J connectivity index is 1.67. The van der Waals surface area contributed by atoms with Gasteiger partial charge >= 0.3 is 24.0 Å². The summed E-state index contributed by atoms with van der Waals surface area (Å²) in [4.78, 5) is 78.3. The van der Waals surface area contributed by atoms with Crippen molar-refractivity contribution in [2.45, 2.75) is 12.1 Å². The summed E-state index contributed by atoms with van der Waals surface area (Å²) in [7, 11) is 3.19. The number of ketones is 1. The highest BCUT2D eigenvalue weighted by Gasteiger charge is 2.40. The number of carbonyl (C=O) groups is 6. The van der Waals surface area contributed by atoms with Crippen molar-refractivity contribution in [2.75, 3.05) is 34.4 Å². The van der Waals surface area contributed by atoms with Crippen molar-refractivity contribution in [3.8, 4) is 17.2 Å². The highest BCUT2D eigenvalue weighted by atomic mass is 16.6. The summed E-state index contributed by atoms with van der Waals surface area (Å²) in [5, 5.41) is 33.5. The van der Waals surface area contributed by atoms with Gasteiger partial charge in [-0.25, -0.2) is 19.2 Å². The lowest BCUT2D eigenvalue weighted by molar-refractivity contribution is 0.0264. The molecule has 3 aromatic rings. The van der Waals surface area contributed by atoms with E-state index in [1.165, 1.54) is 41.3 Å². The van der Waals surface area contributed by atoms with Crippen molar-refractivity contribution in [2.24, 2.45) is 0 Å². The fraction of sp³-hybridized carbons (Fsp3) is 0.226. The van der Waals surface area contributed by atoms with E-state index in [-0.39, 0.29) is 30.0 Å². The molecule has 15 nitrogen and oxygen atoms in total. The predicted octanol–water partition coefficient (Wildman–Crippen LogP) is 2.01. The third-order valence-electron chi connectivity index (χ3n) is 7.06. The summed E-state index contributed by atoms with van der Waals surface area (Å²) in [5.74, 6) is -6.60. The van der Waals surface area contributed by atoms with E-state index >= 15 is 0 Å². The van der Waals surface area contributed by atoms with Gasteiger partial charge in [-0.2, -0.15) is 0 Å². The lowest BCUT2D eigenvalue weighted by atomic mass is 9.92. The molecule has 0 aromatic heterocycles. The van der Waals surface area contributed by atoms with Crippen molar-refractivity contribution < 1.29 is 63.0 Å².